The second-order valence-corrected chi connectivity index (χ2v) is 7.40. The molecular weight excluding hydrogens is 445 g/mol. The van der Waals surface area contributed by atoms with Gasteiger partial charge >= 0.3 is 6.18 Å². The van der Waals surface area contributed by atoms with Crippen LogP contribution in [0.25, 0.3) is 5.69 Å². The van der Waals surface area contributed by atoms with Crippen molar-refractivity contribution in [2.24, 2.45) is 0 Å². The third-order valence-corrected chi connectivity index (χ3v) is 5.24. The van der Waals surface area contributed by atoms with Crippen molar-refractivity contribution in [1.82, 2.24) is 14.8 Å². The van der Waals surface area contributed by atoms with Gasteiger partial charge in [0.2, 0.25) is 0 Å². The number of rotatable bonds is 6. The molecule has 1 atom stereocenters. The maximum atomic E-state index is 13.5. The van der Waals surface area contributed by atoms with Gasteiger partial charge < -0.3 is 5.11 Å². The maximum Gasteiger partial charge on any atom is 0.418 e. The highest BCUT2D eigenvalue weighted by molar-refractivity contribution is 6.35. The van der Waals surface area contributed by atoms with E-state index in [4.69, 9.17) is 23.2 Å². The van der Waals surface area contributed by atoms with Crippen molar-refractivity contribution in [2.45, 2.75) is 38.5 Å². The van der Waals surface area contributed by atoms with E-state index in [-0.39, 0.29) is 36.6 Å². The number of nitrogens with zero attached hydrogens (tertiary/aromatic N) is 3. The highest BCUT2D eigenvalue weighted by Gasteiger charge is 2.35. The zero-order chi connectivity index (χ0) is 22.1. The molecule has 0 aliphatic carbocycles. The van der Waals surface area contributed by atoms with E-state index in [1.165, 1.54) is 0 Å². The lowest BCUT2D eigenvalue weighted by molar-refractivity contribution is -0.137. The third kappa shape index (κ3) is 4.77. The van der Waals surface area contributed by atoms with Crippen LogP contribution in [0, 0.1) is 5.82 Å². The molecule has 3 aromatic rings. The summed E-state index contributed by atoms with van der Waals surface area (Å²) in [5.74, 6) is -0.884. The number of benzene rings is 2. The number of alkyl halides is 3. The normalized spacial score (nSPS) is 12.9. The Hall–Kier alpha value is -2.16. The van der Waals surface area contributed by atoms with Gasteiger partial charge in [-0.05, 0) is 48.7 Å². The van der Waals surface area contributed by atoms with Crippen molar-refractivity contribution in [2.75, 3.05) is 0 Å². The highest BCUT2D eigenvalue weighted by atomic mass is 35.5. The number of aliphatic hydroxyl groups excluding tert-OH is 1. The fraction of sp³-hybridized carbons (Fsp3) is 0.300. The Kier molecular flexibility index (Phi) is 6.69. The summed E-state index contributed by atoms with van der Waals surface area (Å²) in [4.78, 5) is 4.23. The van der Waals surface area contributed by atoms with Crippen molar-refractivity contribution in [3.8, 4) is 5.69 Å². The maximum absolute atomic E-state index is 13.5. The van der Waals surface area contributed by atoms with E-state index in [2.05, 4.69) is 10.1 Å². The lowest BCUT2D eigenvalue weighted by Crippen LogP contribution is -2.14. The Morgan fingerprint density at radius 1 is 1.10 bits per heavy atom. The average Bonchev–Trinajstić information content (AvgIpc) is 3.10. The fourth-order valence-corrected chi connectivity index (χ4v) is 3.55. The Morgan fingerprint density at radius 2 is 1.77 bits per heavy atom. The summed E-state index contributed by atoms with van der Waals surface area (Å²) in [7, 11) is 0. The molecule has 0 saturated heterocycles. The van der Waals surface area contributed by atoms with Crippen molar-refractivity contribution in [3.05, 3.63) is 75.0 Å². The van der Waals surface area contributed by atoms with Gasteiger partial charge in [-0.2, -0.15) is 13.2 Å². The van der Waals surface area contributed by atoms with Crippen molar-refractivity contribution in [1.29, 1.82) is 0 Å². The third-order valence-electron chi connectivity index (χ3n) is 4.53. The van der Waals surface area contributed by atoms with Crippen LogP contribution < -0.4 is 0 Å². The molecule has 160 valence electrons. The van der Waals surface area contributed by atoms with Gasteiger partial charge in [-0.3, -0.25) is 0 Å². The first-order chi connectivity index (χ1) is 14.1. The summed E-state index contributed by atoms with van der Waals surface area (Å²) in [5, 5.41) is 15.0. The summed E-state index contributed by atoms with van der Waals surface area (Å²) in [6, 6.07) is 7.29. The second-order valence-electron chi connectivity index (χ2n) is 6.58. The summed E-state index contributed by atoms with van der Waals surface area (Å²) in [5.41, 5.74) is -0.962. The lowest BCUT2D eigenvalue weighted by atomic mass is 10.1. The summed E-state index contributed by atoms with van der Waals surface area (Å²) >= 11 is 12.4. The Labute approximate surface area is 180 Å². The quantitative estimate of drug-likeness (QED) is 0.460. The SMILES string of the molecule is CCC(O)c1nc(CCc2c(Cl)cccc2Cl)n(-c2ccc(F)cc2C(F)(F)F)n1. The molecule has 0 fully saturated rings. The molecule has 1 unspecified atom stereocenters. The molecule has 0 aliphatic rings. The zero-order valence-electron chi connectivity index (χ0n) is 15.7. The van der Waals surface area contributed by atoms with E-state index in [0.717, 1.165) is 16.8 Å². The van der Waals surface area contributed by atoms with Crippen LogP contribution in [0.4, 0.5) is 17.6 Å². The molecule has 2 aromatic carbocycles. The van der Waals surface area contributed by atoms with Gasteiger partial charge in [-0.15, -0.1) is 5.10 Å². The minimum absolute atomic E-state index is 0.0183. The lowest BCUT2D eigenvalue weighted by Gasteiger charge is -2.14. The molecule has 1 heterocycles. The van der Waals surface area contributed by atoms with Gasteiger partial charge in [0.15, 0.2) is 5.82 Å². The Balaban J connectivity index is 2.08. The molecule has 0 bridgehead atoms. The summed E-state index contributed by atoms with van der Waals surface area (Å²) in [6.07, 6.45) is -5.17. The van der Waals surface area contributed by atoms with Crippen LogP contribution in [-0.4, -0.2) is 19.9 Å². The Bertz CT molecular complexity index is 1030. The van der Waals surface area contributed by atoms with Gasteiger partial charge in [0.1, 0.15) is 17.7 Å². The largest absolute Gasteiger partial charge is 0.418 e. The smallest absolute Gasteiger partial charge is 0.385 e. The molecule has 0 spiro atoms. The van der Waals surface area contributed by atoms with Crippen LogP contribution >= 0.6 is 23.2 Å². The Morgan fingerprint density at radius 3 is 2.37 bits per heavy atom. The van der Waals surface area contributed by atoms with Crippen molar-refractivity contribution < 1.29 is 22.7 Å². The van der Waals surface area contributed by atoms with Gasteiger partial charge in [0.05, 0.1) is 11.3 Å². The molecular formula is C20H17Cl2F4N3O. The predicted octanol–water partition coefficient (Wildman–Crippen LogP) is 5.96. The molecule has 30 heavy (non-hydrogen) atoms. The summed E-state index contributed by atoms with van der Waals surface area (Å²) in [6.45, 7) is 1.69. The number of aliphatic hydroxyl groups is 1. The van der Waals surface area contributed by atoms with Crippen LogP contribution in [0.5, 0.6) is 0 Å². The molecule has 0 saturated carbocycles. The molecule has 0 aliphatic heterocycles. The molecule has 1 aromatic heterocycles. The van der Waals surface area contributed by atoms with E-state index in [1.807, 2.05) is 0 Å². The van der Waals surface area contributed by atoms with E-state index in [0.29, 0.717) is 21.7 Å². The minimum atomic E-state index is -4.81. The van der Waals surface area contributed by atoms with Crippen LogP contribution in [0.3, 0.4) is 0 Å². The minimum Gasteiger partial charge on any atom is -0.385 e. The molecule has 0 amide bonds. The first kappa shape index (κ1) is 22.5. The van der Waals surface area contributed by atoms with E-state index in [1.54, 1.807) is 25.1 Å². The molecule has 0 radical (unpaired) electrons. The van der Waals surface area contributed by atoms with E-state index < -0.39 is 23.7 Å². The molecule has 3 rings (SSSR count). The number of hydrogen-bond acceptors (Lipinski definition) is 3. The van der Waals surface area contributed by atoms with Gasteiger partial charge in [-0.1, -0.05) is 36.2 Å². The predicted molar refractivity (Wildman–Crippen MR) is 105 cm³/mol. The molecule has 4 nitrogen and oxygen atoms in total. The molecule has 1 N–H and O–H groups in total. The van der Waals surface area contributed by atoms with Crippen molar-refractivity contribution in [3.63, 3.8) is 0 Å². The van der Waals surface area contributed by atoms with E-state index >= 15 is 0 Å². The average molecular weight is 462 g/mol. The van der Waals surface area contributed by atoms with Gasteiger partial charge in [0.25, 0.3) is 0 Å². The molecule has 10 heteroatoms. The topological polar surface area (TPSA) is 50.9 Å². The van der Waals surface area contributed by atoms with Gasteiger partial charge in [0, 0.05) is 16.5 Å². The van der Waals surface area contributed by atoms with E-state index in [9.17, 15) is 22.7 Å². The fourth-order valence-electron chi connectivity index (χ4n) is 2.97. The van der Waals surface area contributed by atoms with Crippen molar-refractivity contribution >= 4 is 23.2 Å². The number of halogens is 6. The van der Waals surface area contributed by atoms with Crippen LogP contribution in [0.2, 0.25) is 10.0 Å². The van der Waals surface area contributed by atoms with Crippen LogP contribution in [-0.2, 0) is 19.0 Å². The zero-order valence-corrected chi connectivity index (χ0v) is 17.2. The van der Waals surface area contributed by atoms with Gasteiger partial charge in [-0.25, -0.2) is 14.1 Å². The monoisotopic (exact) mass is 461 g/mol. The summed E-state index contributed by atoms with van der Waals surface area (Å²) < 4.78 is 55.1. The first-order valence-corrected chi connectivity index (χ1v) is 9.81. The van der Waals surface area contributed by atoms with Crippen LogP contribution in [0.15, 0.2) is 36.4 Å². The number of hydrogen-bond donors (Lipinski definition) is 1. The highest BCUT2D eigenvalue weighted by Crippen LogP contribution is 2.35. The van der Waals surface area contributed by atoms with Crippen LogP contribution in [0.1, 0.15) is 42.2 Å². The number of aryl methyl sites for hydroxylation is 1. The number of aromatic nitrogens is 3. The second kappa shape index (κ2) is 8.91. The first-order valence-electron chi connectivity index (χ1n) is 9.05. The standard InChI is InChI=1S/C20H17Cl2F4N3O/c1-2-17(30)19-27-18(9-7-12-14(21)4-3-5-15(12)22)29(28-19)16-8-6-11(23)10-13(16)20(24,25)26/h3-6,8,10,17,30H,2,7,9H2,1H3.